The van der Waals surface area contributed by atoms with Crippen LogP contribution in [0.25, 0.3) is 0 Å². The first-order valence-corrected chi connectivity index (χ1v) is 12.9. The quantitative estimate of drug-likeness (QED) is 0.178. The van der Waals surface area contributed by atoms with Crippen molar-refractivity contribution in [3.8, 4) is 11.5 Å². The molecule has 5 rings (SSSR count). The highest BCUT2D eigenvalue weighted by atomic mass is 127. The Bertz CT molecular complexity index is 1300. The Morgan fingerprint density at radius 1 is 1.14 bits per heavy atom. The topological polar surface area (TPSA) is 42.8 Å². The molecule has 2 aliphatic rings. The van der Waals surface area contributed by atoms with Crippen molar-refractivity contribution in [1.29, 1.82) is 0 Å². The molecule has 5 heteroatoms. The molecule has 4 nitrogen and oxygen atoms in total. The highest BCUT2D eigenvalue weighted by molar-refractivity contribution is 14.1. The normalized spacial score (nSPS) is 20.3. The smallest absolute Gasteiger partial charge is 0.174 e. The molecule has 0 unspecified atom stereocenters. The van der Waals surface area contributed by atoms with Crippen molar-refractivity contribution in [2.45, 2.75) is 25.3 Å². The SMILES string of the molecule is C=CCOc1c(I)cc(C=Nc2ccc([C@@H]3Nc4ccc(C)cc4[C@@H]4C=CC[C@H]43)cc2)cc1OC. The summed E-state index contributed by atoms with van der Waals surface area (Å²) in [6.45, 7) is 6.31. The van der Waals surface area contributed by atoms with E-state index in [4.69, 9.17) is 14.5 Å². The van der Waals surface area contributed by atoms with Crippen LogP contribution in [-0.2, 0) is 0 Å². The fourth-order valence-electron chi connectivity index (χ4n) is 5.06. The van der Waals surface area contributed by atoms with E-state index in [1.54, 1.807) is 13.2 Å². The molecule has 3 atom stereocenters. The Balaban J connectivity index is 1.35. The Kier molecular flexibility index (Phi) is 6.95. The second kappa shape index (κ2) is 10.3. The summed E-state index contributed by atoms with van der Waals surface area (Å²) in [6, 6.07) is 19.6. The van der Waals surface area contributed by atoms with Crippen LogP contribution in [0, 0.1) is 16.4 Å². The molecule has 1 aliphatic carbocycles. The number of methoxy groups -OCH3 is 1. The molecule has 0 spiro atoms. The molecule has 3 aromatic carbocycles. The number of anilines is 1. The van der Waals surface area contributed by atoms with Gasteiger partial charge in [-0.2, -0.15) is 0 Å². The highest BCUT2D eigenvalue weighted by Gasteiger charge is 2.37. The molecular weight excluding hydrogens is 547 g/mol. The van der Waals surface area contributed by atoms with Gasteiger partial charge in [0.1, 0.15) is 6.61 Å². The van der Waals surface area contributed by atoms with E-state index < -0.39 is 0 Å². The summed E-state index contributed by atoms with van der Waals surface area (Å²) < 4.78 is 12.2. The lowest BCUT2D eigenvalue weighted by Gasteiger charge is -2.37. The molecule has 0 aromatic heterocycles. The van der Waals surface area contributed by atoms with E-state index in [1.165, 1.54) is 22.4 Å². The average Bonchev–Trinajstić information content (AvgIpc) is 3.37. The molecule has 1 N–H and O–H groups in total. The number of aryl methyl sites for hydroxylation is 1. The van der Waals surface area contributed by atoms with Crippen LogP contribution < -0.4 is 14.8 Å². The minimum atomic E-state index is 0.289. The Hall–Kier alpha value is -3.06. The minimum Gasteiger partial charge on any atom is -0.493 e. The number of nitrogens with one attached hydrogen (secondary N) is 1. The van der Waals surface area contributed by atoms with Crippen LogP contribution in [0.2, 0.25) is 0 Å². The molecule has 0 bridgehead atoms. The fraction of sp³-hybridized carbons (Fsp3) is 0.233. The molecule has 1 aliphatic heterocycles. The molecule has 0 radical (unpaired) electrons. The average molecular weight is 576 g/mol. The van der Waals surface area contributed by atoms with Gasteiger partial charge in [-0.05, 0) is 88.9 Å². The fourth-order valence-corrected chi connectivity index (χ4v) is 5.84. The molecule has 178 valence electrons. The predicted molar refractivity (Wildman–Crippen MR) is 153 cm³/mol. The van der Waals surface area contributed by atoms with Crippen LogP contribution in [0.15, 0.2) is 84.4 Å². The summed E-state index contributed by atoms with van der Waals surface area (Å²) in [6.07, 6.45) is 9.41. The Labute approximate surface area is 220 Å². The number of allylic oxidation sites excluding steroid dienone is 2. The second-order valence-corrected chi connectivity index (χ2v) is 10.2. The van der Waals surface area contributed by atoms with Crippen LogP contribution in [0.1, 0.15) is 40.6 Å². The number of hydrogen-bond acceptors (Lipinski definition) is 4. The molecule has 35 heavy (non-hydrogen) atoms. The van der Waals surface area contributed by atoms with Crippen molar-refractivity contribution in [2.24, 2.45) is 10.9 Å². The molecule has 0 fully saturated rings. The summed E-state index contributed by atoms with van der Waals surface area (Å²) in [5.41, 5.74) is 7.17. The maximum atomic E-state index is 5.75. The first-order chi connectivity index (χ1) is 17.1. The Morgan fingerprint density at radius 2 is 1.97 bits per heavy atom. The third kappa shape index (κ3) is 4.87. The van der Waals surface area contributed by atoms with E-state index in [0.29, 0.717) is 24.2 Å². The zero-order valence-corrected chi connectivity index (χ0v) is 22.2. The van der Waals surface area contributed by atoms with Gasteiger partial charge in [-0.3, -0.25) is 4.99 Å². The zero-order chi connectivity index (χ0) is 24.4. The van der Waals surface area contributed by atoms with Gasteiger partial charge >= 0.3 is 0 Å². The van der Waals surface area contributed by atoms with Crippen LogP contribution >= 0.6 is 22.6 Å². The van der Waals surface area contributed by atoms with Crippen molar-refractivity contribution in [2.75, 3.05) is 19.0 Å². The monoisotopic (exact) mass is 576 g/mol. The van der Waals surface area contributed by atoms with E-state index in [-0.39, 0.29) is 6.04 Å². The minimum absolute atomic E-state index is 0.289. The van der Waals surface area contributed by atoms with Gasteiger partial charge in [-0.25, -0.2) is 0 Å². The summed E-state index contributed by atoms with van der Waals surface area (Å²) in [5.74, 6) is 2.43. The second-order valence-electron chi connectivity index (χ2n) is 9.05. The summed E-state index contributed by atoms with van der Waals surface area (Å²) in [5, 5.41) is 3.82. The maximum absolute atomic E-state index is 5.75. The molecule has 3 aromatic rings. The number of rotatable bonds is 7. The van der Waals surface area contributed by atoms with E-state index >= 15 is 0 Å². The van der Waals surface area contributed by atoms with Gasteiger partial charge in [0.25, 0.3) is 0 Å². The zero-order valence-electron chi connectivity index (χ0n) is 20.0. The number of hydrogen-bond donors (Lipinski definition) is 1. The van der Waals surface area contributed by atoms with Crippen molar-refractivity contribution < 1.29 is 9.47 Å². The lowest BCUT2D eigenvalue weighted by Crippen LogP contribution is -2.29. The largest absolute Gasteiger partial charge is 0.493 e. The molecule has 1 heterocycles. The van der Waals surface area contributed by atoms with E-state index in [1.807, 2.05) is 18.3 Å². The van der Waals surface area contributed by atoms with Gasteiger partial charge in [0.15, 0.2) is 11.5 Å². The first-order valence-electron chi connectivity index (χ1n) is 11.9. The molecular formula is C30H29IN2O2. The van der Waals surface area contributed by atoms with Gasteiger partial charge in [-0.1, -0.05) is 54.6 Å². The van der Waals surface area contributed by atoms with Gasteiger partial charge in [-0.15, -0.1) is 0 Å². The molecule has 0 amide bonds. The van der Waals surface area contributed by atoms with Gasteiger partial charge < -0.3 is 14.8 Å². The van der Waals surface area contributed by atoms with E-state index in [0.717, 1.165) is 27.0 Å². The number of fused-ring (bicyclic) bond motifs is 3. The highest BCUT2D eigenvalue weighted by Crippen LogP contribution is 2.50. The first kappa shape index (κ1) is 23.7. The third-order valence-electron chi connectivity index (χ3n) is 6.73. The van der Waals surface area contributed by atoms with Crippen LogP contribution in [-0.4, -0.2) is 19.9 Å². The Morgan fingerprint density at radius 3 is 2.74 bits per heavy atom. The number of aliphatic imine (C=N–C) groups is 1. The summed E-state index contributed by atoms with van der Waals surface area (Å²) in [4.78, 5) is 4.71. The van der Waals surface area contributed by atoms with E-state index in [9.17, 15) is 0 Å². The van der Waals surface area contributed by atoms with Gasteiger partial charge in [0.05, 0.1) is 22.4 Å². The predicted octanol–water partition coefficient (Wildman–Crippen LogP) is 7.75. The van der Waals surface area contributed by atoms with E-state index in [2.05, 4.69) is 96.0 Å². The van der Waals surface area contributed by atoms with Gasteiger partial charge in [0.2, 0.25) is 0 Å². The lowest BCUT2D eigenvalue weighted by atomic mass is 9.76. The summed E-state index contributed by atoms with van der Waals surface area (Å²) >= 11 is 2.26. The summed E-state index contributed by atoms with van der Waals surface area (Å²) in [7, 11) is 1.65. The van der Waals surface area contributed by atoms with Crippen molar-refractivity contribution in [1.82, 2.24) is 0 Å². The van der Waals surface area contributed by atoms with Gasteiger partial charge in [0, 0.05) is 17.8 Å². The van der Waals surface area contributed by atoms with Crippen molar-refractivity contribution >= 4 is 40.2 Å². The van der Waals surface area contributed by atoms with Crippen molar-refractivity contribution in [3.63, 3.8) is 0 Å². The van der Waals surface area contributed by atoms with Crippen molar-refractivity contribution in [3.05, 3.63) is 105 Å². The lowest BCUT2D eigenvalue weighted by molar-refractivity contribution is 0.324. The van der Waals surface area contributed by atoms with Crippen LogP contribution in [0.5, 0.6) is 11.5 Å². The standard InChI is InChI=1S/C30H29IN2O2/c1-4-14-35-30-26(31)16-20(17-28(30)34-3)18-32-22-11-9-21(10-12-22)29-24-7-5-6-23(24)25-15-19(2)8-13-27(25)33-29/h4-6,8-13,15-18,23-24,29,33H,1,7,14H2,2-3H3/t23-,24-,29+/m1/s1. The van der Waals surface area contributed by atoms with Crippen LogP contribution in [0.3, 0.4) is 0 Å². The number of halogens is 1. The van der Waals surface area contributed by atoms with Crippen LogP contribution in [0.4, 0.5) is 11.4 Å². The maximum Gasteiger partial charge on any atom is 0.174 e. The number of nitrogens with zero attached hydrogens (tertiary/aromatic N) is 1. The number of ether oxygens (including phenoxy) is 2. The third-order valence-corrected chi connectivity index (χ3v) is 7.53. The number of benzene rings is 3. The molecule has 0 saturated heterocycles. The molecule has 0 saturated carbocycles.